The molecule has 1 saturated heterocycles. The monoisotopic (exact) mass is 657 g/mol. The van der Waals surface area contributed by atoms with E-state index in [0.29, 0.717) is 0 Å². The van der Waals surface area contributed by atoms with Crippen molar-refractivity contribution in [3.63, 3.8) is 0 Å². The van der Waals surface area contributed by atoms with Crippen molar-refractivity contribution in [1.29, 1.82) is 0 Å². The van der Waals surface area contributed by atoms with E-state index in [4.69, 9.17) is 9.53 Å². The van der Waals surface area contributed by atoms with E-state index in [9.17, 15) is 35.9 Å². The van der Waals surface area contributed by atoms with Gasteiger partial charge in [-0.25, -0.2) is 17.6 Å². The molecule has 2 fully saturated rings. The Bertz CT molecular complexity index is 1470. The molecule has 252 valence electrons. The van der Waals surface area contributed by atoms with Crippen molar-refractivity contribution in [1.82, 2.24) is 4.57 Å². The Morgan fingerprint density at radius 1 is 1.02 bits per heavy atom. The van der Waals surface area contributed by atoms with E-state index >= 15 is 0 Å². The standard InChI is InChI=1S/C21H20F4N2O3.C8H8F2O.C2H6.CH3NO/c1-30-14-6-15(22)19(16(23)7-14)13-5-18(28)27(11-13)17-3-2-4-26(20(17)29)10-12-8-21(24,25)9-12;1-6-2-4-7(5-3-6)11-8(9)10;1-2;2-1-3/h2-4,6-7,12-13H,5,8-11H2,1H3;2-5,8H,1H3;1-2H3;1H,(H2,2,3). The number of methoxy groups -OCH3 is 1. The predicted octanol–water partition coefficient (Wildman–Crippen LogP) is 6.43. The lowest BCUT2D eigenvalue weighted by atomic mass is 9.81. The number of carbonyl (C=O) groups excluding carboxylic acids is 2. The number of primary amides is 1. The summed E-state index contributed by atoms with van der Waals surface area (Å²) in [6.07, 6.45) is 1.04. The number of aromatic nitrogens is 1. The summed E-state index contributed by atoms with van der Waals surface area (Å²) in [5, 5.41) is 0. The molecule has 1 aliphatic carbocycles. The summed E-state index contributed by atoms with van der Waals surface area (Å²) in [6.45, 7) is 3.22. The maximum absolute atomic E-state index is 14.4. The molecular weight excluding hydrogens is 620 g/mol. The molecule has 2 amide bonds. The second-order valence-electron chi connectivity index (χ2n) is 10.2. The fourth-order valence-corrected chi connectivity index (χ4v) is 4.99. The first-order valence-electron chi connectivity index (χ1n) is 14.4. The largest absolute Gasteiger partial charge is 0.497 e. The summed E-state index contributed by atoms with van der Waals surface area (Å²) in [5.41, 5.74) is 4.55. The molecule has 0 bridgehead atoms. The molecule has 14 heteroatoms. The molecule has 1 aromatic heterocycles. The molecule has 1 aliphatic heterocycles. The summed E-state index contributed by atoms with van der Waals surface area (Å²) in [7, 11) is 1.29. The van der Waals surface area contributed by atoms with Crippen LogP contribution in [0.25, 0.3) is 0 Å². The molecule has 1 saturated carbocycles. The fourth-order valence-electron chi connectivity index (χ4n) is 4.99. The Kier molecular flexibility index (Phi) is 14.2. The number of rotatable bonds is 7. The topological polar surface area (TPSA) is 104 Å². The zero-order chi connectivity index (χ0) is 34.6. The molecule has 3 aromatic rings. The Balaban J connectivity index is 0.000000383. The third-order valence-corrected chi connectivity index (χ3v) is 6.99. The van der Waals surface area contributed by atoms with Gasteiger partial charge < -0.3 is 24.7 Å². The van der Waals surface area contributed by atoms with E-state index < -0.39 is 41.6 Å². The number of alkyl halides is 4. The lowest BCUT2D eigenvalue weighted by Crippen LogP contribution is -2.40. The molecule has 1 atom stereocenters. The van der Waals surface area contributed by atoms with E-state index in [2.05, 4.69) is 10.5 Å². The summed E-state index contributed by atoms with van der Waals surface area (Å²) in [5.74, 6) is -5.59. The van der Waals surface area contributed by atoms with Crippen molar-refractivity contribution in [2.45, 2.75) is 65.0 Å². The average molecular weight is 658 g/mol. The number of nitrogens with two attached hydrogens (primary N) is 1. The third-order valence-electron chi connectivity index (χ3n) is 6.99. The van der Waals surface area contributed by atoms with Crippen LogP contribution in [0.3, 0.4) is 0 Å². The van der Waals surface area contributed by atoms with Crippen LogP contribution >= 0.6 is 0 Å². The first-order valence-corrected chi connectivity index (χ1v) is 14.4. The minimum Gasteiger partial charge on any atom is -0.497 e. The van der Waals surface area contributed by atoms with Gasteiger partial charge in [-0.3, -0.25) is 14.4 Å². The van der Waals surface area contributed by atoms with Crippen molar-refractivity contribution in [2.24, 2.45) is 11.7 Å². The summed E-state index contributed by atoms with van der Waals surface area (Å²) < 4.78 is 88.5. The molecule has 2 N–H and O–H groups in total. The summed E-state index contributed by atoms with van der Waals surface area (Å²) in [4.78, 5) is 35.2. The van der Waals surface area contributed by atoms with Gasteiger partial charge in [0.25, 0.3) is 5.56 Å². The van der Waals surface area contributed by atoms with Crippen LogP contribution in [0.2, 0.25) is 0 Å². The molecule has 0 spiro atoms. The van der Waals surface area contributed by atoms with Crippen LogP contribution in [-0.4, -0.2) is 43.1 Å². The van der Waals surface area contributed by atoms with E-state index in [0.717, 1.165) is 17.7 Å². The van der Waals surface area contributed by atoms with Gasteiger partial charge in [0, 0.05) is 62.2 Å². The third kappa shape index (κ3) is 10.3. The maximum atomic E-state index is 14.4. The van der Waals surface area contributed by atoms with Crippen molar-refractivity contribution in [3.8, 4) is 11.5 Å². The maximum Gasteiger partial charge on any atom is 0.387 e. The Labute approximate surface area is 262 Å². The van der Waals surface area contributed by atoms with Crippen LogP contribution in [0.5, 0.6) is 11.5 Å². The number of aryl methyl sites for hydroxylation is 1. The predicted molar refractivity (Wildman–Crippen MR) is 160 cm³/mol. The first kappa shape index (κ1) is 37.7. The molecular formula is C32H37F6N3O5. The van der Waals surface area contributed by atoms with Crippen molar-refractivity contribution in [2.75, 3.05) is 18.6 Å². The summed E-state index contributed by atoms with van der Waals surface area (Å²) in [6, 6.07) is 11.6. The van der Waals surface area contributed by atoms with Gasteiger partial charge in [0.15, 0.2) is 0 Å². The van der Waals surface area contributed by atoms with Gasteiger partial charge in [-0.2, -0.15) is 8.78 Å². The van der Waals surface area contributed by atoms with Crippen LogP contribution in [-0.2, 0) is 16.1 Å². The van der Waals surface area contributed by atoms with Gasteiger partial charge in [0.2, 0.25) is 18.2 Å². The Morgan fingerprint density at radius 2 is 1.59 bits per heavy atom. The number of carbonyl (C=O) groups is 2. The van der Waals surface area contributed by atoms with E-state index in [1.54, 1.807) is 18.2 Å². The smallest absolute Gasteiger partial charge is 0.387 e. The molecule has 8 nitrogen and oxygen atoms in total. The van der Waals surface area contributed by atoms with Gasteiger partial charge in [-0.05, 0) is 37.1 Å². The first-order chi connectivity index (χ1) is 21.8. The minimum atomic E-state index is -2.74. The number of nitrogens with zero attached hydrogens (tertiary/aromatic N) is 2. The molecule has 1 unspecified atom stereocenters. The highest BCUT2D eigenvalue weighted by Gasteiger charge is 2.45. The number of amides is 2. The fraction of sp³-hybridized carbons (Fsp3) is 0.406. The lowest BCUT2D eigenvalue weighted by molar-refractivity contribution is -0.117. The van der Waals surface area contributed by atoms with Gasteiger partial charge in [-0.15, -0.1) is 0 Å². The van der Waals surface area contributed by atoms with E-state index in [1.165, 1.54) is 41.0 Å². The normalized spacial score (nSPS) is 16.5. The Morgan fingerprint density at radius 3 is 2.09 bits per heavy atom. The van der Waals surface area contributed by atoms with Crippen LogP contribution in [0, 0.1) is 24.5 Å². The molecule has 2 heterocycles. The van der Waals surface area contributed by atoms with E-state index in [1.807, 2.05) is 20.8 Å². The molecule has 5 rings (SSSR count). The summed E-state index contributed by atoms with van der Waals surface area (Å²) >= 11 is 0. The Hall–Kier alpha value is -4.49. The molecule has 46 heavy (non-hydrogen) atoms. The van der Waals surface area contributed by atoms with Crippen molar-refractivity contribution < 1.29 is 45.4 Å². The van der Waals surface area contributed by atoms with Gasteiger partial charge in [0.05, 0.1) is 7.11 Å². The number of hydrogen-bond acceptors (Lipinski definition) is 5. The van der Waals surface area contributed by atoms with Crippen molar-refractivity contribution in [3.05, 3.63) is 87.8 Å². The zero-order valence-electron chi connectivity index (χ0n) is 25.8. The van der Waals surface area contributed by atoms with Crippen molar-refractivity contribution >= 4 is 18.0 Å². The highest BCUT2D eigenvalue weighted by Crippen LogP contribution is 2.43. The van der Waals surface area contributed by atoms with Gasteiger partial charge >= 0.3 is 6.61 Å². The van der Waals surface area contributed by atoms with Crippen LogP contribution in [0.15, 0.2) is 59.5 Å². The number of pyridine rings is 1. The second kappa shape index (κ2) is 17.3. The molecule has 0 radical (unpaired) electrons. The van der Waals surface area contributed by atoms with Gasteiger partial charge in [-0.1, -0.05) is 31.5 Å². The quantitative estimate of drug-likeness (QED) is 0.233. The zero-order valence-corrected chi connectivity index (χ0v) is 25.8. The minimum absolute atomic E-state index is 0.0300. The second-order valence-corrected chi connectivity index (χ2v) is 10.2. The van der Waals surface area contributed by atoms with E-state index in [-0.39, 0.29) is 67.4 Å². The molecule has 2 aromatic carbocycles. The number of anilines is 1. The number of ether oxygens (including phenoxy) is 2. The number of benzene rings is 2. The SMILES string of the molecule is CC.COc1cc(F)c(C2CC(=O)N(c3cccn(CC4CC(F)(F)C4)c3=O)C2)c(F)c1.Cc1ccc(OC(F)F)cc1.NC=O. The highest BCUT2D eigenvalue weighted by atomic mass is 19.3. The average Bonchev–Trinajstić information content (AvgIpc) is 3.36. The number of halogens is 6. The number of hydrogen-bond donors (Lipinski definition) is 1. The van der Waals surface area contributed by atoms with Crippen LogP contribution < -0.4 is 25.7 Å². The molecule has 2 aliphatic rings. The highest BCUT2D eigenvalue weighted by molar-refractivity contribution is 5.96. The van der Waals surface area contributed by atoms with Crippen LogP contribution in [0.4, 0.5) is 32.0 Å². The van der Waals surface area contributed by atoms with Crippen LogP contribution in [0.1, 0.15) is 50.2 Å². The van der Waals surface area contributed by atoms with Gasteiger partial charge in [0.1, 0.15) is 28.8 Å². The lowest BCUT2D eigenvalue weighted by Gasteiger charge is -2.35.